The average molecular weight is 356 g/mol. The molecule has 0 amide bonds. The Morgan fingerprint density at radius 3 is 2.65 bits per heavy atom. The number of hydrogen-bond donors (Lipinski definition) is 1. The third-order valence-electron chi connectivity index (χ3n) is 7.92. The molecular formula is C23H33NO2. The van der Waals surface area contributed by atoms with Gasteiger partial charge in [0.25, 0.3) is 0 Å². The fraction of sp³-hybridized carbons (Fsp3) is 0.696. The minimum atomic E-state index is -0.0559. The topological polar surface area (TPSA) is 40.5 Å². The number of benzene rings is 1. The molecule has 1 aromatic carbocycles. The highest BCUT2D eigenvalue weighted by molar-refractivity contribution is 5.87. The molecule has 1 N–H and O–H groups in total. The van der Waals surface area contributed by atoms with Gasteiger partial charge in [-0.3, -0.25) is 9.69 Å². The Morgan fingerprint density at radius 2 is 1.92 bits per heavy atom. The molecule has 1 aromatic rings. The van der Waals surface area contributed by atoms with Crippen LogP contribution in [0.5, 0.6) is 5.75 Å². The summed E-state index contributed by atoms with van der Waals surface area (Å²) in [5.74, 6) is 2.78. The number of Topliss-reactive ketones (excluding diaryl/α,β-unsaturated/α-hetero) is 1. The molecule has 0 spiro atoms. The fourth-order valence-electron chi connectivity index (χ4n) is 6.24. The highest BCUT2D eigenvalue weighted by Crippen LogP contribution is 2.59. The summed E-state index contributed by atoms with van der Waals surface area (Å²) < 4.78 is 0. The number of aryl methyl sites for hydroxylation is 1. The number of fused-ring (bicyclic) bond motifs is 5. The van der Waals surface area contributed by atoms with Crippen molar-refractivity contribution in [3.63, 3.8) is 0 Å². The first-order chi connectivity index (χ1) is 12.5. The quantitative estimate of drug-likeness (QED) is 0.854. The van der Waals surface area contributed by atoms with Gasteiger partial charge in [-0.1, -0.05) is 26.8 Å². The van der Waals surface area contributed by atoms with Crippen molar-refractivity contribution < 1.29 is 9.90 Å². The molecule has 0 unspecified atom stereocenters. The number of phenols is 1. The van der Waals surface area contributed by atoms with Crippen LogP contribution >= 0.6 is 0 Å². The Hall–Kier alpha value is -1.35. The second-order valence-corrected chi connectivity index (χ2v) is 8.97. The number of carbonyl (C=O) groups is 1. The van der Waals surface area contributed by atoms with Gasteiger partial charge in [0, 0.05) is 23.9 Å². The van der Waals surface area contributed by atoms with E-state index < -0.39 is 0 Å². The summed E-state index contributed by atoms with van der Waals surface area (Å²) in [4.78, 5) is 14.9. The Labute approximate surface area is 157 Å². The van der Waals surface area contributed by atoms with E-state index >= 15 is 0 Å². The zero-order chi connectivity index (χ0) is 18.5. The van der Waals surface area contributed by atoms with Crippen molar-refractivity contribution in [2.45, 2.75) is 71.8 Å². The third-order valence-corrected chi connectivity index (χ3v) is 7.92. The molecule has 0 aliphatic heterocycles. The minimum Gasteiger partial charge on any atom is -0.508 e. The molecule has 3 heteroatoms. The Morgan fingerprint density at radius 1 is 1.15 bits per heavy atom. The predicted octanol–water partition coefficient (Wildman–Crippen LogP) is 4.66. The van der Waals surface area contributed by atoms with Crippen LogP contribution in [0.2, 0.25) is 0 Å². The van der Waals surface area contributed by atoms with Gasteiger partial charge >= 0.3 is 0 Å². The van der Waals surface area contributed by atoms with Gasteiger partial charge in [0.2, 0.25) is 0 Å². The van der Waals surface area contributed by atoms with Gasteiger partial charge in [0.15, 0.2) is 0 Å². The van der Waals surface area contributed by atoms with Crippen molar-refractivity contribution in [2.24, 2.45) is 17.3 Å². The lowest BCUT2D eigenvalue weighted by atomic mass is 9.55. The zero-order valence-corrected chi connectivity index (χ0v) is 16.6. The maximum absolute atomic E-state index is 12.5. The molecule has 2 saturated carbocycles. The number of nitrogens with zero attached hydrogens (tertiary/aromatic N) is 1. The number of phenolic OH excluding ortho intramolecular Hbond substituents is 1. The second-order valence-electron chi connectivity index (χ2n) is 8.97. The van der Waals surface area contributed by atoms with Crippen molar-refractivity contribution in [1.29, 1.82) is 0 Å². The maximum atomic E-state index is 12.5. The summed E-state index contributed by atoms with van der Waals surface area (Å²) in [5.41, 5.74) is 3.84. The largest absolute Gasteiger partial charge is 0.508 e. The van der Waals surface area contributed by atoms with Crippen LogP contribution in [0, 0.1) is 17.3 Å². The van der Waals surface area contributed by atoms with E-state index in [0.717, 1.165) is 57.3 Å². The van der Waals surface area contributed by atoms with Crippen LogP contribution in [0.15, 0.2) is 12.1 Å². The first-order valence-electron chi connectivity index (χ1n) is 10.6. The summed E-state index contributed by atoms with van der Waals surface area (Å²) >= 11 is 0. The van der Waals surface area contributed by atoms with Crippen molar-refractivity contribution >= 4 is 5.78 Å². The molecule has 4 atom stereocenters. The monoisotopic (exact) mass is 355 g/mol. The number of carbonyl (C=O) groups excluding carboxylic acids is 1. The molecule has 0 radical (unpaired) electrons. The molecule has 0 aromatic heterocycles. The molecule has 4 rings (SSSR count). The number of rotatable bonds is 4. The summed E-state index contributed by atoms with van der Waals surface area (Å²) in [6, 6.07) is 4.34. The van der Waals surface area contributed by atoms with E-state index in [0.29, 0.717) is 29.3 Å². The Kier molecular flexibility index (Phi) is 4.63. The summed E-state index contributed by atoms with van der Waals surface area (Å²) in [7, 11) is 0. The molecule has 3 aliphatic carbocycles. The lowest BCUT2D eigenvalue weighted by molar-refractivity contribution is -0.129. The average Bonchev–Trinajstić information content (AvgIpc) is 2.95. The van der Waals surface area contributed by atoms with Crippen LogP contribution in [-0.2, 0) is 17.8 Å². The molecule has 142 valence electrons. The van der Waals surface area contributed by atoms with Crippen LogP contribution in [0.25, 0.3) is 0 Å². The van der Waals surface area contributed by atoms with Crippen molar-refractivity contribution in [3.05, 3.63) is 28.8 Å². The van der Waals surface area contributed by atoms with E-state index in [4.69, 9.17) is 0 Å². The molecule has 0 heterocycles. The first kappa shape index (κ1) is 18.0. The van der Waals surface area contributed by atoms with Crippen LogP contribution in [0.4, 0.5) is 0 Å². The lowest BCUT2D eigenvalue weighted by Gasteiger charge is -2.48. The van der Waals surface area contributed by atoms with Crippen LogP contribution in [0.1, 0.15) is 75.5 Å². The van der Waals surface area contributed by atoms with E-state index in [2.05, 4.69) is 31.7 Å². The summed E-state index contributed by atoms with van der Waals surface area (Å²) in [6.45, 7) is 9.41. The van der Waals surface area contributed by atoms with Gasteiger partial charge in [-0.05, 0) is 80.1 Å². The first-order valence-corrected chi connectivity index (χ1v) is 10.6. The summed E-state index contributed by atoms with van der Waals surface area (Å²) in [5, 5.41) is 10.6. The number of hydrogen-bond acceptors (Lipinski definition) is 3. The lowest BCUT2D eigenvalue weighted by Crippen LogP contribution is -2.42. The third kappa shape index (κ3) is 2.70. The normalized spacial score (nSPS) is 33.1. The van der Waals surface area contributed by atoms with Crippen molar-refractivity contribution in [2.75, 3.05) is 13.1 Å². The van der Waals surface area contributed by atoms with Gasteiger partial charge in [-0.2, -0.15) is 0 Å². The molecular weight excluding hydrogens is 322 g/mol. The van der Waals surface area contributed by atoms with Crippen LogP contribution < -0.4 is 0 Å². The van der Waals surface area contributed by atoms with Gasteiger partial charge < -0.3 is 5.11 Å². The van der Waals surface area contributed by atoms with Crippen molar-refractivity contribution in [3.8, 4) is 5.75 Å². The Bertz CT molecular complexity index is 708. The highest BCUT2D eigenvalue weighted by atomic mass is 16.3. The number of aromatic hydroxyl groups is 1. The van der Waals surface area contributed by atoms with Gasteiger partial charge in [0.05, 0.1) is 0 Å². The standard InChI is InChI=1S/C23H33NO2/c1-4-24(5-2)14-16-12-19-15(13-21(16)25)6-7-18-17(19)10-11-23(3)20(18)8-9-22(23)26/h12-13,17-18,20,25H,4-11,14H2,1-3H3/t17-,18+,20-,23-/m1/s1. The minimum absolute atomic E-state index is 0.0559. The molecule has 3 aliphatic rings. The van der Waals surface area contributed by atoms with E-state index in [-0.39, 0.29) is 5.41 Å². The van der Waals surface area contributed by atoms with Gasteiger partial charge in [-0.25, -0.2) is 0 Å². The van der Waals surface area contributed by atoms with E-state index in [9.17, 15) is 9.90 Å². The highest BCUT2D eigenvalue weighted by Gasteiger charge is 2.54. The SMILES string of the molecule is CCN(CC)Cc1cc2c(cc1O)CC[C@@H]1[C@H]3CCC(=O)[C@]3(C)CC[C@@H]21. The molecule has 26 heavy (non-hydrogen) atoms. The summed E-state index contributed by atoms with van der Waals surface area (Å²) in [6.07, 6.45) is 6.29. The van der Waals surface area contributed by atoms with Gasteiger partial charge in [0.1, 0.15) is 11.5 Å². The number of ketones is 1. The molecule has 0 bridgehead atoms. The van der Waals surface area contributed by atoms with E-state index in [1.807, 2.05) is 6.07 Å². The molecule has 3 nitrogen and oxygen atoms in total. The maximum Gasteiger partial charge on any atom is 0.139 e. The smallest absolute Gasteiger partial charge is 0.139 e. The molecule has 0 saturated heterocycles. The fourth-order valence-corrected chi connectivity index (χ4v) is 6.24. The predicted molar refractivity (Wildman–Crippen MR) is 104 cm³/mol. The van der Waals surface area contributed by atoms with E-state index in [1.54, 1.807) is 0 Å². The second kappa shape index (κ2) is 6.67. The van der Waals surface area contributed by atoms with Crippen molar-refractivity contribution in [1.82, 2.24) is 4.90 Å². The zero-order valence-electron chi connectivity index (χ0n) is 16.6. The van der Waals surface area contributed by atoms with Crippen LogP contribution in [-0.4, -0.2) is 28.9 Å². The van der Waals surface area contributed by atoms with E-state index in [1.165, 1.54) is 17.5 Å². The Balaban J connectivity index is 1.66. The molecule has 2 fully saturated rings. The van der Waals surface area contributed by atoms with Crippen LogP contribution in [0.3, 0.4) is 0 Å². The van der Waals surface area contributed by atoms with Gasteiger partial charge in [-0.15, -0.1) is 0 Å².